The van der Waals surface area contributed by atoms with Crippen LogP contribution in [0.4, 0.5) is 0 Å². The molecule has 1 aliphatic heterocycles. The lowest BCUT2D eigenvalue weighted by Gasteiger charge is -2.34. The summed E-state index contributed by atoms with van der Waals surface area (Å²) in [6.45, 7) is 4.33. The number of rotatable bonds is 5. The highest BCUT2D eigenvalue weighted by Gasteiger charge is 2.48. The van der Waals surface area contributed by atoms with Gasteiger partial charge in [0, 0.05) is 12.8 Å². The second-order valence-electron chi connectivity index (χ2n) is 5.77. The van der Waals surface area contributed by atoms with Gasteiger partial charge in [-0.15, -0.1) is 0 Å². The molecule has 0 unspecified atom stereocenters. The van der Waals surface area contributed by atoms with Crippen LogP contribution in [0.5, 0.6) is 0 Å². The predicted octanol–water partition coefficient (Wildman–Crippen LogP) is 2.85. The Morgan fingerprint density at radius 3 is 2.55 bits per heavy atom. The first-order valence-corrected chi connectivity index (χ1v) is 8.59. The van der Waals surface area contributed by atoms with Crippen LogP contribution >= 0.6 is 11.8 Å². The lowest BCUT2D eigenvalue weighted by atomic mass is 9.67. The minimum absolute atomic E-state index is 0.0515. The molecule has 1 saturated heterocycles. The number of Topliss-reactive ketones (excluding diaryl/α,β-unsaturated/α-hetero) is 2. The van der Waals surface area contributed by atoms with Gasteiger partial charge >= 0.3 is 0 Å². The molecule has 2 aliphatic rings. The molecule has 1 saturated carbocycles. The van der Waals surface area contributed by atoms with Gasteiger partial charge in [-0.2, -0.15) is 11.8 Å². The molecule has 0 aromatic carbocycles. The van der Waals surface area contributed by atoms with Gasteiger partial charge in [0.2, 0.25) is 0 Å². The van der Waals surface area contributed by atoms with Crippen molar-refractivity contribution in [1.29, 1.82) is 0 Å². The zero-order valence-electron chi connectivity index (χ0n) is 12.3. The molecule has 0 N–H and O–H groups in total. The number of carbonyl (C=O) groups is 2. The van der Waals surface area contributed by atoms with Crippen molar-refractivity contribution in [1.82, 2.24) is 0 Å². The number of hydrogen-bond acceptors (Lipinski definition) is 5. The smallest absolute Gasteiger partial charge is 0.149 e. The van der Waals surface area contributed by atoms with E-state index in [0.29, 0.717) is 31.6 Å². The topological polar surface area (TPSA) is 55.7 Å². The van der Waals surface area contributed by atoms with E-state index in [4.69, 9.17) is 4.84 Å². The minimum atomic E-state index is -0.641. The maximum Gasteiger partial charge on any atom is 0.149 e. The Balaban J connectivity index is 2.15. The van der Waals surface area contributed by atoms with E-state index >= 15 is 0 Å². The summed E-state index contributed by atoms with van der Waals surface area (Å²) >= 11 is 1.86. The highest BCUT2D eigenvalue weighted by Crippen LogP contribution is 2.46. The van der Waals surface area contributed by atoms with Crippen molar-refractivity contribution in [2.75, 3.05) is 18.1 Å². The molecule has 2 fully saturated rings. The maximum atomic E-state index is 12.5. The second kappa shape index (κ2) is 6.74. The molecule has 1 aliphatic carbocycles. The summed E-state index contributed by atoms with van der Waals surface area (Å²) in [6.07, 6.45) is 3.58. The third kappa shape index (κ3) is 3.25. The van der Waals surface area contributed by atoms with Crippen molar-refractivity contribution in [3.8, 4) is 0 Å². The van der Waals surface area contributed by atoms with Crippen LogP contribution in [0, 0.1) is 11.3 Å². The lowest BCUT2D eigenvalue weighted by molar-refractivity contribution is -0.136. The third-order valence-electron chi connectivity index (χ3n) is 4.08. The Labute approximate surface area is 124 Å². The van der Waals surface area contributed by atoms with Gasteiger partial charge in [-0.1, -0.05) is 18.5 Å². The van der Waals surface area contributed by atoms with Gasteiger partial charge in [-0.25, -0.2) is 0 Å². The summed E-state index contributed by atoms with van der Waals surface area (Å²) < 4.78 is 0. The first-order valence-electron chi connectivity index (χ1n) is 7.44. The zero-order chi connectivity index (χ0) is 14.6. The van der Waals surface area contributed by atoms with Crippen LogP contribution in [0.25, 0.3) is 0 Å². The number of oxime groups is 1. The Morgan fingerprint density at radius 1 is 1.35 bits per heavy atom. The number of thioether (sulfide) groups is 1. The average molecular weight is 297 g/mol. The minimum Gasteiger partial charge on any atom is -0.396 e. The van der Waals surface area contributed by atoms with Crippen molar-refractivity contribution in [3.05, 3.63) is 0 Å². The van der Waals surface area contributed by atoms with Gasteiger partial charge in [0.05, 0.1) is 5.71 Å². The fraction of sp³-hybridized carbons (Fsp3) is 0.800. The van der Waals surface area contributed by atoms with Crippen LogP contribution in [0.1, 0.15) is 46.0 Å². The highest BCUT2D eigenvalue weighted by atomic mass is 32.2. The van der Waals surface area contributed by atoms with Crippen LogP contribution in [0.3, 0.4) is 0 Å². The molecule has 0 bridgehead atoms. The van der Waals surface area contributed by atoms with E-state index in [-0.39, 0.29) is 17.0 Å². The van der Waals surface area contributed by atoms with Gasteiger partial charge < -0.3 is 4.84 Å². The van der Waals surface area contributed by atoms with Crippen molar-refractivity contribution in [2.45, 2.75) is 46.0 Å². The van der Waals surface area contributed by atoms with Crippen molar-refractivity contribution in [3.63, 3.8) is 0 Å². The zero-order valence-corrected chi connectivity index (χ0v) is 13.1. The van der Waals surface area contributed by atoms with Crippen LogP contribution in [-0.2, 0) is 14.4 Å². The summed E-state index contributed by atoms with van der Waals surface area (Å²) in [7, 11) is 0. The van der Waals surface area contributed by atoms with E-state index in [1.165, 1.54) is 0 Å². The molecule has 20 heavy (non-hydrogen) atoms. The molecule has 112 valence electrons. The molecular formula is C15H23NO3S. The summed E-state index contributed by atoms with van der Waals surface area (Å²) in [4.78, 5) is 30.1. The standard InChI is InChI=1S/C15H23NO3S/c1-3-5-11(16-19-4-2)14-12(17)8-15(9-13(14)18)6-7-20-10-15/h14H,3-10H2,1-2H3. The SMILES string of the molecule is CCCC(=NOCC)C1C(=O)CC2(CCSC2)CC1=O. The Hall–Kier alpha value is -0.840. The first-order chi connectivity index (χ1) is 9.62. The molecule has 4 nitrogen and oxygen atoms in total. The van der Waals surface area contributed by atoms with Crippen LogP contribution < -0.4 is 0 Å². The number of nitrogens with zero attached hydrogens (tertiary/aromatic N) is 1. The normalized spacial score (nSPS) is 31.1. The fourth-order valence-corrected chi connectivity index (χ4v) is 4.63. The monoisotopic (exact) mass is 297 g/mol. The lowest BCUT2D eigenvalue weighted by Crippen LogP contribution is -2.44. The van der Waals surface area contributed by atoms with E-state index in [1.54, 1.807) is 0 Å². The molecule has 5 heteroatoms. The van der Waals surface area contributed by atoms with Crippen molar-refractivity contribution >= 4 is 29.0 Å². The van der Waals surface area contributed by atoms with Crippen LogP contribution in [0.15, 0.2) is 5.16 Å². The van der Waals surface area contributed by atoms with Gasteiger partial charge in [0.1, 0.15) is 24.1 Å². The van der Waals surface area contributed by atoms with Gasteiger partial charge in [-0.05, 0) is 36.7 Å². The average Bonchev–Trinajstić information content (AvgIpc) is 2.82. The van der Waals surface area contributed by atoms with Crippen LogP contribution in [-0.4, -0.2) is 35.4 Å². The molecule has 1 heterocycles. The van der Waals surface area contributed by atoms with Gasteiger partial charge in [0.25, 0.3) is 0 Å². The Kier molecular flexibility index (Phi) is 5.24. The molecule has 0 radical (unpaired) electrons. The Morgan fingerprint density at radius 2 is 2.05 bits per heavy atom. The molecule has 1 spiro atoms. The quantitative estimate of drug-likeness (QED) is 0.445. The molecule has 0 aromatic rings. The van der Waals surface area contributed by atoms with E-state index in [2.05, 4.69) is 5.16 Å². The number of ketones is 2. The molecule has 0 amide bonds. The van der Waals surface area contributed by atoms with E-state index in [1.807, 2.05) is 25.6 Å². The summed E-state index contributed by atoms with van der Waals surface area (Å²) in [5, 5.41) is 4.04. The van der Waals surface area contributed by atoms with Crippen molar-refractivity contribution < 1.29 is 14.4 Å². The first kappa shape index (κ1) is 15.5. The third-order valence-corrected chi connectivity index (χ3v) is 5.39. The number of hydrogen-bond donors (Lipinski definition) is 0. The highest BCUT2D eigenvalue weighted by molar-refractivity contribution is 7.99. The summed E-state index contributed by atoms with van der Waals surface area (Å²) in [5.74, 6) is 1.48. The molecule has 2 rings (SSSR count). The van der Waals surface area contributed by atoms with Gasteiger partial charge in [0.15, 0.2) is 0 Å². The summed E-state index contributed by atoms with van der Waals surface area (Å²) in [5.41, 5.74) is 0.572. The molecule has 0 aromatic heterocycles. The van der Waals surface area contributed by atoms with E-state index in [9.17, 15) is 9.59 Å². The molecular weight excluding hydrogens is 274 g/mol. The second-order valence-corrected chi connectivity index (χ2v) is 6.88. The van der Waals surface area contributed by atoms with E-state index < -0.39 is 5.92 Å². The van der Waals surface area contributed by atoms with E-state index in [0.717, 1.165) is 24.3 Å². The maximum absolute atomic E-state index is 12.5. The van der Waals surface area contributed by atoms with Crippen molar-refractivity contribution in [2.24, 2.45) is 16.5 Å². The number of carbonyl (C=O) groups excluding carboxylic acids is 2. The fourth-order valence-electron chi connectivity index (χ4n) is 3.13. The van der Waals surface area contributed by atoms with Crippen LogP contribution in [0.2, 0.25) is 0 Å². The largest absolute Gasteiger partial charge is 0.396 e. The van der Waals surface area contributed by atoms with Gasteiger partial charge in [-0.3, -0.25) is 9.59 Å². The molecule has 0 atom stereocenters. The summed E-state index contributed by atoms with van der Waals surface area (Å²) in [6, 6.07) is 0. The predicted molar refractivity (Wildman–Crippen MR) is 81.1 cm³/mol. The Bertz CT molecular complexity index is 393.